The minimum Gasteiger partial charge on any atom is -0.393 e. The number of benzene rings is 1. The number of hydrogen-bond donors (Lipinski definition) is 5. The summed E-state index contributed by atoms with van der Waals surface area (Å²) >= 11 is 0. The molecule has 7 nitrogen and oxygen atoms in total. The Morgan fingerprint density at radius 1 is 1.18 bits per heavy atom. The minimum atomic E-state index is -0.202. The van der Waals surface area contributed by atoms with E-state index < -0.39 is 0 Å². The van der Waals surface area contributed by atoms with Gasteiger partial charge in [0.1, 0.15) is 0 Å². The third-order valence-corrected chi connectivity index (χ3v) is 4.43. The fourth-order valence-electron chi connectivity index (χ4n) is 3.03. The standard InChI is InChI=1S/C20H33N5O2.HI/c1-4-21-19(24-16-9-11-18(26)12-10-16)22-13-15-5-7-17(8-6-15)25-20(27)23-14(2)3;/h5-8,14,16,18,26H,4,9-13H2,1-3H3,(H2,21,22,24)(H2,23,25,27);1H. The van der Waals surface area contributed by atoms with Crippen molar-refractivity contribution >= 4 is 41.7 Å². The van der Waals surface area contributed by atoms with Crippen molar-refractivity contribution in [3.63, 3.8) is 0 Å². The lowest BCUT2D eigenvalue weighted by Crippen LogP contribution is -2.45. The van der Waals surface area contributed by atoms with Crippen molar-refractivity contribution in [2.75, 3.05) is 11.9 Å². The molecule has 5 N–H and O–H groups in total. The number of aliphatic imine (C=N–C) groups is 1. The van der Waals surface area contributed by atoms with Gasteiger partial charge in [0.2, 0.25) is 0 Å². The molecule has 0 unspecified atom stereocenters. The van der Waals surface area contributed by atoms with Crippen molar-refractivity contribution in [1.82, 2.24) is 16.0 Å². The molecule has 2 rings (SSSR count). The second-order valence-electron chi connectivity index (χ2n) is 7.30. The van der Waals surface area contributed by atoms with E-state index in [4.69, 9.17) is 0 Å². The Morgan fingerprint density at radius 2 is 1.82 bits per heavy atom. The van der Waals surface area contributed by atoms with Crippen LogP contribution >= 0.6 is 24.0 Å². The predicted molar refractivity (Wildman–Crippen MR) is 125 cm³/mol. The number of aliphatic hydroxyl groups is 1. The largest absolute Gasteiger partial charge is 0.393 e. The fourth-order valence-corrected chi connectivity index (χ4v) is 3.03. The van der Waals surface area contributed by atoms with E-state index in [9.17, 15) is 9.90 Å². The first-order valence-corrected chi connectivity index (χ1v) is 9.85. The number of hydrogen-bond acceptors (Lipinski definition) is 3. The molecule has 0 saturated heterocycles. The Balaban J connectivity index is 0.00000392. The molecule has 0 aromatic heterocycles. The summed E-state index contributed by atoms with van der Waals surface area (Å²) in [6, 6.07) is 7.96. The first kappa shape index (κ1) is 24.5. The zero-order chi connectivity index (χ0) is 19.6. The average Bonchev–Trinajstić information content (AvgIpc) is 2.62. The number of urea groups is 1. The molecule has 0 radical (unpaired) electrons. The van der Waals surface area contributed by atoms with Crippen molar-refractivity contribution in [3.05, 3.63) is 29.8 Å². The van der Waals surface area contributed by atoms with Gasteiger partial charge in [-0.3, -0.25) is 0 Å². The normalized spacial score (nSPS) is 19.5. The van der Waals surface area contributed by atoms with Gasteiger partial charge in [-0.1, -0.05) is 12.1 Å². The zero-order valence-electron chi connectivity index (χ0n) is 17.0. The molecular formula is C20H34IN5O2. The molecule has 0 aliphatic heterocycles. The van der Waals surface area contributed by atoms with Crippen LogP contribution in [0, 0.1) is 0 Å². The van der Waals surface area contributed by atoms with Gasteiger partial charge < -0.3 is 26.4 Å². The van der Waals surface area contributed by atoms with Gasteiger partial charge in [0.15, 0.2) is 5.96 Å². The van der Waals surface area contributed by atoms with Crippen LogP contribution in [0.15, 0.2) is 29.3 Å². The van der Waals surface area contributed by atoms with Crippen molar-refractivity contribution in [2.24, 2.45) is 4.99 Å². The molecule has 0 bridgehead atoms. The molecular weight excluding hydrogens is 469 g/mol. The molecule has 1 aliphatic carbocycles. The fraction of sp³-hybridized carbons (Fsp3) is 0.600. The second kappa shape index (κ2) is 12.8. The summed E-state index contributed by atoms with van der Waals surface area (Å²) in [5.74, 6) is 0.803. The summed E-state index contributed by atoms with van der Waals surface area (Å²) < 4.78 is 0. The highest BCUT2D eigenvalue weighted by Crippen LogP contribution is 2.18. The maximum atomic E-state index is 11.7. The van der Waals surface area contributed by atoms with E-state index in [1.54, 1.807) is 0 Å². The van der Waals surface area contributed by atoms with Crippen LogP contribution in [-0.4, -0.2) is 41.8 Å². The first-order chi connectivity index (χ1) is 13.0. The first-order valence-electron chi connectivity index (χ1n) is 9.85. The third kappa shape index (κ3) is 9.09. The number of carbonyl (C=O) groups is 1. The van der Waals surface area contributed by atoms with Gasteiger partial charge in [0.25, 0.3) is 0 Å². The number of rotatable bonds is 6. The molecule has 1 aromatic carbocycles. The lowest BCUT2D eigenvalue weighted by Gasteiger charge is -2.27. The topological polar surface area (TPSA) is 97.8 Å². The summed E-state index contributed by atoms with van der Waals surface area (Å²) in [7, 11) is 0. The SMILES string of the molecule is CCNC(=NCc1ccc(NC(=O)NC(C)C)cc1)NC1CCC(O)CC1.I. The molecule has 1 fully saturated rings. The van der Waals surface area contributed by atoms with Crippen molar-refractivity contribution in [2.45, 2.75) is 71.2 Å². The van der Waals surface area contributed by atoms with Crippen LogP contribution in [0.2, 0.25) is 0 Å². The number of nitrogens with one attached hydrogen (secondary N) is 4. The second-order valence-corrected chi connectivity index (χ2v) is 7.30. The van der Waals surface area contributed by atoms with Crippen molar-refractivity contribution in [3.8, 4) is 0 Å². The van der Waals surface area contributed by atoms with Gasteiger partial charge in [-0.25, -0.2) is 9.79 Å². The highest BCUT2D eigenvalue weighted by Gasteiger charge is 2.19. The quantitative estimate of drug-likeness (QED) is 0.234. The van der Waals surface area contributed by atoms with E-state index in [2.05, 4.69) is 26.3 Å². The molecule has 2 amide bonds. The van der Waals surface area contributed by atoms with E-state index in [0.717, 1.165) is 49.4 Å². The number of nitrogens with zero attached hydrogens (tertiary/aromatic N) is 1. The highest BCUT2D eigenvalue weighted by molar-refractivity contribution is 14.0. The summed E-state index contributed by atoms with van der Waals surface area (Å²) in [5, 5.41) is 22.0. The minimum absolute atomic E-state index is 0. The van der Waals surface area contributed by atoms with Gasteiger partial charge in [-0.15, -0.1) is 24.0 Å². The Morgan fingerprint density at radius 3 is 2.39 bits per heavy atom. The third-order valence-electron chi connectivity index (χ3n) is 4.43. The van der Waals surface area contributed by atoms with Gasteiger partial charge >= 0.3 is 6.03 Å². The molecule has 28 heavy (non-hydrogen) atoms. The number of amides is 2. The van der Waals surface area contributed by atoms with Crippen molar-refractivity contribution in [1.29, 1.82) is 0 Å². The highest BCUT2D eigenvalue weighted by atomic mass is 127. The molecule has 1 aromatic rings. The smallest absolute Gasteiger partial charge is 0.319 e. The van der Waals surface area contributed by atoms with Crippen LogP contribution in [0.1, 0.15) is 52.0 Å². The van der Waals surface area contributed by atoms with Crippen LogP contribution in [0.25, 0.3) is 0 Å². The number of guanidine groups is 1. The van der Waals surface area contributed by atoms with E-state index in [1.807, 2.05) is 45.0 Å². The van der Waals surface area contributed by atoms with Gasteiger partial charge in [0, 0.05) is 24.3 Å². The molecule has 1 saturated carbocycles. The van der Waals surface area contributed by atoms with Gasteiger partial charge in [-0.05, 0) is 64.2 Å². The number of halogens is 1. The lowest BCUT2D eigenvalue weighted by atomic mass is 9.93. The van der Waals surface area contributed by atoms with Crippen LogP contribution in [0.5, 0.6) is 0 Å². The van der Waals surface area contributed by atoms with Crippen molar-refractivity contribution < 1.29 is 9.90 Å². The van der Waals surface area contributed by atoms with Gasteiger partial charge in [0.05, 0.1) is 12.6 Å². The molecule has 158 valence electrons. The summed E-state index contributed by atoms with van der Waals surface area (Å²) in [6.07, 6.45) is 3.46. The van der Waals surface area contributed by atoms with Gasteiger partial charge in [-0.2, -0.15) is 0 Å². The number of anilines is 1. The summed E-state index contributed by atoms with van der Waals surface area (Å²) in [4.78, 5) is 16.4. The summed E-state index contributed by atoms with van der Waals surface area (Å²) in [5.41, 5.74) is 1.83. The Kier molecular flexibility index (Phi) is 11.2. The molecule has 1 aliphatic rings. The Hall–Kier alpha value is -1.55. The van der Waals surface area contributed by atoms with E-state index in [1.165, 1.54) is 0 Å². The van der Waals surface area contributed by atoms with E-state index >= 15 is 0 Å². The summed E-state index contributed by atoms with van der Waals surface area (Å²) in [6.45, 7) is 7.25. The number of aliphatic hydroxyl groups excluding tert-OH is 1. The Labute approximate surface area is 185 Å². The Bertz CT molecular complexity index is 614. The van der Waals surface area contributed by atoms with Crippen LogP contribution in [0.4, 0.5) is 10.5 Å². The number of carbonyl (C=O) groups excluding carboxylic acids is 1. The monoisotopic (exact) mass is 503 g/mol. The van der Waals surface area contributed by atoms with Crippen LogP contribution < -0.4 is 21.3 Å². The maximum absolute atomic E-state index is 11.7. The average molecular weight is 503 g/mol. The van der Waals surface area contributed by atoms with Crippen LogP contribution in [-0.2, 0) is 6.54 Å². The molecule has 8 heteroatoms. The zero-order valence-corrected chi connectivity index (χ0v) is 19.3. The lowest BCUT2D eigenvalue weighted by molar-refractivity contribution is 0.120. The van der Waals surface area contributed by atoms with Crippen LogP contribution in [0.3, 0.4) is 0 Å². The van der Waals surface area contributed by atoms with E-state index in [-0.39, 0.29) is 42.2 Å². The molecule has 0 spiro atoms. The van der Waals surface area contributed by atoms with E-state index in [0.29, 0.717) is 12.6 Å². The molecule has 0 atom stereocenters. The predicted octanol–water partition coefficient (Wildman–Crippen LogP) is 3.19. The molecule has 0 heterocycles. The maximum Gasteiger partial charge on any atom is 0.319 e.